The average Bonchev–Trinajstić information content (AvgIpc) is 2.87. The molecule has 2 heterocycles. The zero-order chi connectivity index (χ0) is 18.9. The molecule has 1 atom stereocenters. The Hall–Kier alpha value is -3.23. The predicted octanol–water partition coefficient (Wildman–Crippen LogP) is 2.98. The number of anilines is 1. The Morgan fingerprint density at radius 3 is 2.65 bits per heavy atom. The van der Waals surface area contributed by atoms with E-state index in [0.717, 1.165) is 5.01 Å². The lowest BCUT2D eigenvalue weighted by Gasteiger charge is -2.17. The Kier molecular flexibility index (Phi) is 4.45. The van der Waals surface area contributed by atoms with E-state index < -0.39 is 18.2 Å². The highest BCUT2D eigenvalue weighted by Gasteiger charge is 2.50. The highest BCUT2D eigenvalue weighted by molar-refractivity contribution is 6.30. The van der Waals surface area contributed by atoms with Gasteiger partial charge in [0.05, 0.1) is 11.4 Å². The molecular weight excluding hydrogens is 351 g/mol. The first-order valence-corrected chi connectivity index (χ1v) is 7.41. The third kappa shape index (κ3) is 2.92. The molecule has 1 aromatic carbocycles. The van der Waals surface area contributed by atoms with Gasteiger partial charge in [-0.25, -0.2) is 4.39 Å². The molecule has 0 bridgehead atoms. The molecule has 9 heteroatoms. The van der Waals surface area contributed by atoms with Crippen LogP contribution in [0.25, 0.3) is 11.1 Å². The first kappa shape index (κ1) is 17.6. The molecule has 1 unspecified atom stereocenters. The van der Waals surface area contributed by atoms with Crippen molar-refractivity contribution in [1.82, 2.24) is 4.98 Å². The van der Waals surface area contributed by atoms with Gasteiger partial charge in [0.15, 0.2) is 6.29 Å². The number of hydrogen-bond acceptors (Lipinski definition) is 5. The van der Waals surface area contributed by atoms with Crippen molar-refractivity contribution in [2.45, 2.75) is 19.2 Å². The largest absolute Gasteiger partial charge is 0.434 e. The van der Waals surface area contributed by atoms with Gasteiger partial charge in [0.1, 0.15) is 5.75 Å². The van der Waals surface area contributed by atoms with Crippen molar-refractivity contribution >= 4 is 23.6 Å². The Bertz CT molecular complexity index is 889. The van der Waals surface area contributed by atoms with Gasteiger partial charge in [-0.3, -0.25) is 14.6 Å². The quantitative estimate of drug-likeness (QED) is 0.605. The molecule has 26 heavy (non-hydrogen) atoms. The summed E-state index contributed by atoms with van der Waals surface area (Å²) in [6.07, 6.45) is 2.80. The second kappa shape index (κ2) is 6.58. The molecule has 1 aliphatic heterocycles. The van der Waals surface area contributed by atoms with E-state index in [9.17, 15) is 22.8 Å². The van der Waals surface area contributed by atoms with Gasteiger partial charge in [0, 0.05) is 23.5 Å². The van der Waals surface area contributed by atoms with Crippen molar-refractivity contribution in [3.8, 4) is 16.9 Å². The van der Waals surface area contributed by atoms with Gasteiger partial charge in [0.2, 0.25) is 0 Å². The number of benzene rings is 1. The molecule has 3 rings (SSSR count). The van der Waals surface area contributed by atoms with Crippen molar-refractivity contribution in [2.75, 3.05) is 5.01 Å². The fourth-order valence-electron chi connectivity index (χ4n) is 2.48. The van der Waals surface area contributed by atoms with E-state index in [1.165, 1.54) is 37.5 Å². The van der Waals surface area contributed by atoms with Crippen LogP contribution in [0.3, 0.4) is 0 Å². The minimum atomic E-state index is -3.06. The van der Waals surface area contributed by atoms with E-state index in [-0.39, 0.29) is 29.0 Å². The lowest BCUT2D eigenvalue weighted by Crippen LogP contribution is -2.43. The van der Waals surface area contributed by atoms with Crippen LogP contribution in [0.15, 0.2) is 47.8 Å². The molecule has 1 aliphatic rings. The maximum absolute atomic E-state index is 14.4. The number of pyridine rings is 1. The number of alkyl halides is 3. The number of hydrazone groups is 1. The topological polar surface area (TPSA) is 71.9 Å². The highest BCUT2D eigenvalue weighted by atomic mass is 19.3. The van der Waals surface area contributed by atoms with Crippen LogP contribution < -0.4 is 9.75 Å². The van der Waals surface area contributed by atoms with E-state index in [4.69, 9.17) is 0 Å². The number of hydrogen-bond donors (Lipinski definition) is 0. The highest BCUT2D eigenvalue weighted by Crippen LogP contribution is 2.36. The van der Waals surface area contributed by atoms with Crippen LogP contribution in [0, 0.1) is 0 Å². The number of carbonyl (C=O) groups excluding carboxylic acids is 2. The van der Waals surface area contributed by atoms with Gasteiger partial charge in [0.25, 0.3) is 11.6 Å². The van der Waals surface area contributed by atoms with Crippen molar-refractivity contribution in [3.63, 3.8) is 0 Å². The molecule has 6 nitrogen and oxygen atoms in total. The minimum Gasteiger partial charge on any atom is -0.434 e. The lowest BCUT2D eigenvalue weighted by atomic mass is 10.0. The summed E-state index contributed by atoms with van der Waals surface area (Å²) in [7, 11) is 0. The van der Waals surface area contributed by atoms with Crippen LogP contribution in [-0.4, -0.2) is 35.2 Å². The van der Waals surface area contributed by atoms with Crippen LogP contribution in [-0.2, 0) is 9.59 Å². The number of nitrogens with zero attached hydrogens (tertiary/aromatic N) is 3. The third-order valence-electron chi connectivity index (χ3n) is 3.84. The number of carbonyl (C=O) groups is 2. The van der Waals surface area contributed by atoms with Gasteiger partial charge in [-0.15, -0.1) is 0 Å². The second-order valence-corrected chi connectivity index (χ2v) is 5.43. The number of ether oxygens (including phenoxy) is 1. The Morgan fingerprint density at radius 1 is 1.31 bits per heavy atom. The second-order valence-electron chi connectivity index (χ2n) is 5.43. The van der Waals surface area contributed by atoms with Gasteiger partial charge >= 0.3 is 6.61 Å². The predicted molar refractivity (Wildman–Crippen MR) is 86.8 cm³/mol. The summed E-state index contributed by atoms with van der Waals surface area (Å²) >= 11 is 0. The summed E-state index contributed by atoms with van der Waals surface area (Å²) in [6.45, 7) is -1.85. The maximum Gasteiger partial charge on any atom is 0.387 e. The van der Waals surface area contributed by atoms with E-state index in [0.29, 0.717) is 5.56 Å². The third-order valence-corrected chi connectivity index (χ3v) is 3.84. The fraction of sp³-hybridized carbons (Fsp3) is 0.176. The van der Waals surface area contributed by atoms with Gasteiger partial charge in [-0.1, -0.05) is 6.07 Å². The SMILES string of the molecule is CC1=NN(c2ccc(OC(F)F)c(-c3cccnc3)c2)C(=O)C1(F)C=O. The Labute approximate surface area is 145 Å². The number of amides is 1. The zero-order valence-electron chi connectivity index (χ0n) is 13.4. The van der Waals surface area contributed by atoms with Crippen molar-refractivity contribution < 1.29 is 27.5 Å². The summed E-state index contributed by atoms with van der Waals surface area (Å²) in [4.78, 5) is 27.1. The van der Waals surface area contributed by atoms with Crippen molar-refractivity contribution in [2.24, 2.45) is 5.10 Å². The molecule has 0 fully saturated rings. The average molecular weight is 363 g/mol. The van der Waals surface area contributed by atoms with Gasteiger partial charge in [-0.05, 0) is 31.2 Å². The van der Waals surface area contributed by atoms with Crippen LogP contribution in [0.4, 0.5) is 18.9 Å². The molecule has 0 spiro atoms. The molecule has 0 radical (unpaired) electrons. The van der Waals surface area contributed by atoms with E-state index in [1.807, 2.05) is 0 Å². The van der Waals surface area contributed by atoms with Crippen molar-refractivity contribution in [1.29, 1.82) is 0 Å². The number of rotatable bonds is 5. The minimum absolute atomic E-state index is 0.0937. The number of aldehydes is 1. The van der Waals surface area contributed by atoms with Gasteiger partial charge in [-0.2, -0.15) is 18.9 Å². The van der Waals surface area contributed by atoms with E-state index >= 15 is 0 Å². The standard InChI is InChI=1S/C17H12F3N3O3/c1-10-17(20,9-24)15(25)23(22-10)12-4-5-14(26-16(18)19)13(7-12)11-3-2-6-21-8-11/h2-9,16H,1H3. The summed E-state index contributed by atoms with van der Waals surface area (Å²) in [5.74, 6) is -1.32. The number of halogens is 3. The molecule has 0 aliphatic carbocycles. The molecule has 1 amide bonds. The first-order chi connectivity index (χ1) is 12.4. The molecular formula is C17H12F3N3O3. The van der Waals surface area contributed by atoms with Crippen molar-refractivity contribution in [3.05, 3.63) is 42.7 Å². The normalized spacial score (nSPS) is 19.7. The summed E-state index contributed by atoms with van der Waals surface area (Å²) < 4.78 is 44.2. The number of aromatic nitrogens is 1. The fourth-order valence-corrected chi connectivity index (χ4v) is 2.48. The van der Waals surface area contributed by atoms with Crippen LogP contribution >= 0.6 is 0 Å². The van der Waals surface area contributed by atoms with Gasteiger partial charge < -0.3 is 4.74 Å². The molecule has 2 aromatic rings. The van der Waals surface area contributed by atoms with E-state index in [1.54, 1.807) is 12.1 Å². The molecule has 0 N–H and O–H groups in total. The summed E-state index contributed by atoms with van der Waals surface area (Å²) in [5, 5.41) is 4.50. The zero-order valence-corrected chi connectivity index (χ0v) is 13.4. The molecule has 134 valence electrons. The lowest BCUT2D eigenvalue weighted by molar-refractivity contribution is -0.130. The smallest absolute Gasteiger partial charge is 0.387 e. The Morgan fingerprint density at radius 2 is 2.08 bits per heavy atom. The van der Waals surface area contributed by atoms with Crippen LogP contribution in [0.5, 0.6) is 5.75 Å². The molecule has 0 saturated heterocycles. The van der Waals surface area contributed by atoms with E-state index in [2.05, 4.69) is 14.8 Å². The Balaban J connectivity index is 2.08. The van der Waals surface area contributed by atoms with Crippen LogP contribution in [0.2, 0.25) is 0 Å². The first-order valence-electron chi connectivity index (χ1n) is 7.41. The summed E-state index contributed by atoms with van der Waals surface area (Å²) in [5.41, 5.74) is -2.41. The monoisotopic (exact) mass is 363 g/mol. The summed E-state index contributed by atoms with van der Waals surface area (Å²) in [6, 6.07) is 7.01. The maximum atomic E-state index is 14.4. The molecule has 0 saturated carbocycles. The van der Waals surface area contributed by atoms with Crippen LogP contribution in [0.1, 0.15) is 6.92 Å². The molecule has 1 aromatic heterocycles.